The van der Waals surface area contributed by atoms with Crippen LogP contribution < -0.4 is 4.74 Å². The Balaban J connectivity index is 2.11. The van der Waals surface area contributed by atoms with E-state index in [2.05, 4.69) is 13.8 Å². The number of aromatic carboxylic acids is 1. The number of carboxylic acid groups (broad SMARTS) is 1. The predicted octanol–water partition coefficient (Wildman–Crippen LogP) is 5.06. The van der Waals surface area contributed by atoms with Gasteiger partial charge in [0.15, 0.2) is 4.96 Å². The third kappa shape index (κ3) is 3.33. The molecule has 0 fully saturated rings. The van der Waals surface area contributed by atoms with Crippen LogP contribution in [0.1, 0.15) is 55.2 Å². The molecule has 3 aromatic rings. The molecule has 0 saturated heterocycles. The Morgan fingerprint density at radius 3 is 2.46 bits per heavy atom. The monoisotopic (exact) mass is 372 g/mol. The largest absolute Gasteiger partial charge is 0.491 e. The summed E-state index contributed by atoms with van der Waals surface area (Å²) in [6.07, 6.45) is 2.54. The zero-order valence-corrected chi connectivity index (χ0v) is 16.4. The van der Waals surface area contributed by atoms with Crippen molar-refractivity contribution in [2.24, 2.45) is 0 Å². The fraction of sp³-hybridized carbons (Fsp3) is 0.400. The fourth-order valence-corrected chi connectivity index (χ4v) is 4.21. The Morgan fingerprint density at radius 2 is 1.92 bits per heavy atom. The zero-order valence-electron chi connectivity index (χ0n) is 15.6. The van der Waals surface area contributed by atoms with Gasteiger partial charge >= 0.3 is 5.97 Å². The van der Waals surface area contributed by atoms with Crippen LogP contribution in [0.2, 0.25) is 0 Å². The Labute approximate surface area is 157 Å². The van der Waals surface area contributed by atoms with E-state index in [1.165, 1.54) is 11.3 Å². The summed E-state index contributed by atoms with van der Waals surface area (Å²) in [5, 5.41) is 9.52. The van der Waals surface area contributed by atoms with E-state index in [9.17, 15) is 9.90 Å². The molecule has 138 valence electrons. The van der Waals surface area contributed by atoms with Crippen LogP contribution in [0.15, 0.2) is 24.3 Å². The van der Waals surface area contributed by atoms with E-state index in [0.29, 0.717) is 4.88 Å². The lowest BCUT2D eigenvalue weighted by molar-refractivity contribution is 0.0700. The van der Waals surface area contributed by atoms with Gasteiger partial charge in [-0.05, 0) is 51.0 Å². The maximum absolute atomic E-state index is 11.6. The van der Waals surface area contributed by atoms with Gasteiger partial charge in [-0.25, -0.2) is 9.78 Å². The van der Waals surface area contributed by atoms with Crippen molar-refractivity contribution in [1.29, 1.82) is 0 Å². The molecule has 1 N–H and O–H groups in total. The van der Waals surface area contributed by atoms with E-state index < -0.39 is 5.97 Å². The van der Waals surface area contributed by atoms with E-state index in [4.69, 9.17) is 9.72 Å². The molecule has 2 heterocycles. The first-order valence-electron chi connectivity index (χ1n) is 8.99. The molecule has 3 rings (SSSR count). The highest BCUT2D eigenvalue weighted by Gasteiger charge is 2.23. The van der Waals surface area contributed by atoms with Crippen LogP contribution in [0.3, 0.4) is 0 Å². The van der Waals surface area contributed by atoms with Crippen molar-refractivity contribution in [3.05, 3.63) is 40.5 Å². The summed E-state index contributed by atoms with van der Waals surface area (Å²) >= 11 is 1.26. The molecule has 26 heavy (non-hydrogen) atoms. The number of aromatic nitrogens is 2. The second-order valence-electron chi connectivity index (χ2n) is 6.50. The molecular weight excluding hydrogens is 348 g/mol. The highest BCUT2D eigenvalue weighted by atomic mass is 32.1. The molecule has 0 atom stereocenters. The van der Waals surface area contributed by atoms with Crippen LogP contribution in [-0.4, -0.2) is 26.6 Å². The van der Waals surface area contributed by atoms with Crippen LogP contribution >= 0.6 is 11.3 Å². The van der Waals surface area contributed by atoms with Gasteiger partial charge in [0.25, 0.3) is 0 Å². The average Bonchev–Trinajstić information content (AvgIpc) is 3.12. The Hall–Kier alpha value is -2.34. The first-order valence-corrected chi connectivity index (χ1v) is 9.81. The molecule has 2 aromatic heterocycles. The third-order valence-corrected chi connectivity index (χ3v) is 5.25. The van der Waals surface area contributed by atoms with Gasteiger partial charge in [-0.3, -0.25) is 4.40 Å². The highest BCUT2D eigenvalue weighted by Crippen LogP contribution is 2.33. The van der Waals surface area contributed by atoms with Crippen molar-refractivity contribution in [2.45, 2.75) is 53.1 Å². The van der Waals surface area contributed by atoms with Crippen molar-refractivity contribution in [1.82, 2.24) is 9.38 Å². The Bertz CT molecular complexity index is 923. The number of nitrogens with zero attached hydrogens (tertiary/aromatic N) is 2. The molecular formula is C20H24N2O3S. The maximum atomic E-state index is 11.6. The fourth-order valence-electron chi connectivity index (χ4n) is 3.18. The Morgan fingerprint density at radius 1 is 1.23 bits per heavy atom. The van der Waals surface area contributed by atoms with E-state index >= 15 is 0 Å². The van der Waals surface area contributed by atoms with Gasteiger partial charge in [0, 0.05) is 11.3 Å². The number of carboxylic acids is 1. The zero-order chi connectivity index (χ0) is 18.8. The van der Waals surface area contributed by atoms with Gasteiger partial charge < -0.3 is 9.84 Å². The van der Waals surface area contributed by atoms with Crippen LogP contribution in [0.5, 0.6) is 5.75 Å². The van der Waals surface area contributed by atoms with Crippen LogP contribution in [-0.2, 0) is 12.8 Å². The number of hydrogen-bond donors (Lipinski definition) is 1. The minimum atomic E-state index is -0.872. The molecule has 0 radical (unpaired) electrons. The lowest BCUT2D eigenvalue weighted by Gasteiger charge is -2.10. The standard InChI is InChI=1S/C20H24N2O3S/c1-5-7-16-18(19(23)24)26-20-21-17(15(6-2)22(16)20)13-8-10-14(11-9-13)25-12(3)4/h8-12H,5-7H2,1-4H3,(H,23,24). The van der Waals surface area contributed by atoms with E-state index in [-0.39, 0.29) is 6.10 Å². The third-order valence-electron chi connectivity index (χ3n) is 4.18. The van der Waals surface area contributed by atoms with E-state index in [1.807, 2.05) is 42.5 Å². The maximum Gasteiger partial charge on any atom is 0.347 e. The highest BCUT2D eigenvalue weighted by molar-refractivity contribution is 7.19. The van der Waals surface area contributed by atoms with Crippen LogP contribution in [0, 0.1) is 0 Å². The van der Waals surface area contributed by atoms with Crippen molar-refractivity contribution in [3.63, 3.8) is 0 Å². The molecule has 0 spiro atoms. The number of benzene rings is 1. The van der Waals surface area contributed by atoms with Gasteiger partial charge in [0.1, 0.15) is 10.6 Å². The topological polar surface area (TPSA) is 63.8 Å². The molecule has 1 aromatic carbocycles. The van der Waals surface area contributed by atoms with Crippen molar-refractivity contribution in [2.75, 3.05) is 0 Å². The second kappa shape index (κ2) is 7.50. The summed E-state index contributed by atoms with van der Waals surface area (Å²) in [6, 6.07) is 7.94. The molecule has 0 bridgehead atoms. The second-order valence-corrected chi connectivity index (χ2v) is 7.48. The Kier molecular flexibility index (Phi) is 5.32. The molecule has 6 heteroatoms. The van der Waals surface area contributed by atoms with E-state index in [0.717, 1.165) is 52.6 Å². The quantitative estimate of drug-likeness (QED) is 0.629. The normalized spacial score (nSPS) is 11.4. The predicted molar refractivity (Wildman–Crippen MR) is 105 cm³/mol. The molecule has 0 aliphatic heterocycles. The molecule has 0 aliphatic rings. The van der Waals surface area contributed by atoms with Gasteiger partial charge in [-0.2, -0.15) is 0 Å². The van der Waals surface area contributed by atoms with Crippen molar-refractivity contribution < 1.29 is 14.6 Å². The lowest BCUT2D eigenvalue weighted by Crippen LogP contribution is -2.05. The summed E-state index contributed by atoms with van der Waals surface area (Å²) in [6.45, 7) is 8.15. The number of thiazole rings is 1. The summed E-state index contributed by atoms with van der Waals surface area (Å²) in [5.41, 5.74) is 3.86. The first kappa shape index (κ1) is 18.5. The minimum Gasteiger partial charge on any atom is -0.491 e. The first-order chi connectivity index (χ1) is 12.5. The summed E-state index contributed by atoms with van der Waals surface area (Å²) in [7, 11) is 0. The average molecular weight is 372 g/mol. The van der Waals surface area contributed by atoms with Crippen molar-refractivity contribution >= 4 is 22.3 Å². The molecule has 0 saturated carbocycles. The number of hydrogen-bond acceptors (Lipinski definition) is 4. The number of fused-ring (bicyclic) bond motifs is 1. The van der Waals surface area contributed by atoms with Crippen LogP contribution in [0.25, 0.3) is 16.2 Å². The van der Waals surface area contributed by atoms with Gasteiger partial charge in [-0.15, -0.1) is 0 Å². The number of ether oxygens (including phenoxy) is 1. The van der Waals surface area contributed by atoms with Gasteiger partial charge in [-0.1, -0.05) is 31.6 Å². The minimum absolute atomic E-state index is 0.135. The SMILES string of the molecule is CCCc1c(C(=O)O)sc2nc(-c3ccc(OC(C)C)cc3)c(CC)n12. The molecule has 0 aliphatic carbocycles. The van der Waals surface area contributed by atoms with E-state index in [1.54, 1.807) is 0 Å². The number of aryl methyl sites for hydroxylation is 2. The smallest absolute Gasteiger partial charge is 0.347 e. The number of imidazole rings is 1. The summed E-state index contributed by atoms with van der Waals surface area (Å²) < 4.78 is 7.76. The van der Waals surface area contributed by atoms with Crippen molar-refractivity contribution in [3.8, 4) is 17.0 Å². The van der Waals surface area contributed by atoms with Gasteiger partial charge in [0.05, 0.1) is 17.5 Å². The summed E-state index contributed by atoms with van der Waals surface area (Å²) in [5.74, 6) is -0.0367. The molecule has 5 nitrogen and oxygen atoms in total. The lowest BCUT2D eigenvalue weighted by atomic mass is 10.1. The number of carbonyl (C=O) groups is 1. The summed E-state index contributed by atoms with van der Waals surface area (Å²) in [4.78, 5) is 17.5. The molecule has 0 amide bonds. The number of rotatable bonds is 7. The van der Waals surface area contributed by atoms with Gasteiger partial charge in [0.2, 0.25) is 0 Å². The molecule has 0 unspecified atom stereocenters. The van der Waals surface area contributed by atoms with Crippen LogP contribution in [0.4, 0.5) is 0 Å².